The highest BCUT2D eigenvalue weighted by molar-refractivity contribution is 6.15. The van der Waals surface area contributed by atoms with Gasteiger partial charge in [0.15, 0.2) is 5.76 Å². The number of carbonyl (C=O) groups excluding carboxylic acids is 2. The minimum Gasteiger partial charge on any atom is -0.497 e. The Morgan fingerprint density at radius 1 is 1.17 bits per heavy atom. The van der Waals surface area contributed by atoms with Crippen LogP contribution in [0, 0.1) is 5.92 Å². The van der Waals surface area contributed by atoms with E-state index < -0.39 is 0 Å². The molecule has 146 valence electrons. The maximum Gasteiger partial charge on any atom is 0.314 e. The van der Waals surface area contributed by atoms with Crippen molar-refractivity contribution < 1.29 is 23.8 Å². The van der Waals surface area contributed by atoms with Gasteiger partial charge in [-0.2, -0.15) is 0 Å². The van der Waals surface area contributed by atoms with Gasteiger partial charge in [0.05, 0.1) is 18.6 Å². The number of hydrogen-bond acceptors (Lipinski definition) is 5. The molecule has 0 bridgehead atoms. The quantitative estimate of drug-likeness (QED) is 0.382. The highest BCUT2D eigenvalue weighted by atomic mass is 16.5. The van der Waals surface area contributed by atoms with Gasteiger partial charge in [-0.15, -0.1) is 0 Å². The van der Waals surface area contributed by atoms with Crippen LogP contribution < -0.4 is 14.2 Å². The molecular formula is C23H19NO5. The van der Waals surface area contributed by atoms with Gasteiger partial charge >= 0.3 is 5.97 Å². The Labute approximate surface area is 167 Å². The van der Waals surface area contributed by atoms with Gasteiger partial charge in [0.2, 0.25) is 5.78 Å². The van der Waals surface area contributed by atoms with Crippen molar-refractivity contribution >= 4 is 28.7 Å². The standard InChI is InChI=1S/C23H19NO5/c1-24-12-14(18-10-15(27-2)6-8-19(18)24)9-21-22(25)17-7-5-16(11-20(17)29-21)28-23(26)13-3-4-13/h5-13H,3-4H2,1-2H3/b21-9+. The zero-order chi connectivity index (χ0) is 20.1. The Kier molecular flexibility index (Phi) is 3.94. The van der Waals surface area contributed by atoms with Crippen LogP contribution in [0.3, 0.4) is 0 Å². The molecule has 2 heterocycles. The second-order valence-corrected chi connectivity index (χ2v) is 7.37. The van der Waals surface area contributed by atoms with Gasteiger partial charge in [0.25, 0.3) is 0 Å². The molecule has 6 heteroatoms. The third-order valence-corrected chi connectivity index (χ3v) is 5.28. The van der Waals surface area contributed by atoms with Gasteiger partial charge in [-0.3, -0.25) is 9.59 Å². The second-order valence-electron chi connectivity index (χ2n) is 7.37. The molecule has 2 aliphatic rings. The number of carbonyl (C=O) groups is 2. The first-order valence-corrected chi connectivity index (χ1v) is 9.46. The van der Waals surface area contributed by atoms with Crippen LogP contribution >= 0.6 is 0 Å². The number of allylic oxidation sites excluding steroid dienone is 1. The van der Waals surface area contributed by atoms with E-state index in [1.54, 1.807) is 31.4 Å². The molecule has 2 aromatic carbocycles. The number of hydrogen-bond donors (Lipinski definition) is 0. The highest BCUT2D eigenvalue weighted by Gasteiger charge is 2.33. The number of Topliss-reactive ketones (excluding diaryl/α,β-unsaturated/α-hetero) is 1. The summed E-state index contributed by atoms with van der Waals surface area (Å²) in [5, 5.41) is 0.964. The Bertz CT molecular complexity index is 1200. The SMILES string of the molecule is COc1ccc2c(c1)c(/C=C1/Oc3cc(OC(=O)C4CC4)ccc3C1=O)cn2C. The summed E-state index contributed by atoms with van der Waals surface area (Å²) in [5.74, 6) is 1.36. The van der Waals surface area contributed by atoms with E-state index in [2.05, 4.69) is 0 Å². The number of rotatable bonds is 4. The molecule has 1 aromatic heterocycles. The van der Waals surface area contributed by atoms with Crippen molar-refractivity contribution in [2.75, 3.05) is 7.11 Å². The van der Waals surface area contributed by atoms with E-state index in [1.165, 1.54) is 0 Å². The third-order valence-electron chi connectivity index (χ3n) is 5.28. The number of ketones is 1. The Morgan fingerprint density at radius 3 is 2.72 bits per heavy atom. The van der Waals surface area contributed by atoms with Crippen LogP contribution in [-0.2, 0) is 11.8 Å². The number of esters is 1. The first kappa shape index (κ1) is 17.6. The van der Waals surface area contributed by atoms with Gasteiger partial charge in [0, 0.05) is 35.8 Å². The fourth-order valence-corrected chi connectivity index (χ4v) is 3.53. The Morgan fingerprint density at radius 2 is 1.97 bits per heavy atom. The van der Waals surface area contributed by atoms with Crippen molar-refractivity contribution in [3.05, 3.63) is 59.5 Å². The van der Waals surface area contributed by atoms with E-state index >= 15 is 0 Å². The number of ether oxygens (including phenoxy) is 3. The highest BCUT2D eigenvalue weighted by Crippen LogP contribution is 2.37. The summed E-state index contributed by atoms with van der Waals surface area (Å²) in [7, 11) is 3.57. The van der Waals surface area contributed by atoms with Crippen LogP contribution in [0.15, 0.2) is 48.4 Å². The van der Waals surface area contributed by atoms with Gasteiger partial charge in [-0.1, -0.05) is 0 Å². The third kappa shape index (κ3) is 3.06. The van der Waals surface area contributed by atoms with E-state index in [4.69, 9.17) is 14.2 Å². The van der Waals surface area contributed by atoms with Crippen molar-refractivity contribution in [3.63, 3.8) is 0 Å². The van der Waals surface area contributed by atoms with Gasteiger partial charge in [0.1, 0.15) is 17.2 Å². The maximum atomic E-state index is 12.8. The number of fused-ring (bicyclic) bond motifs is 2. The van der Waals surface area contributed by atoms with Crippen molar-refractivity contribution in [2.24, 2.45) is 13.0 Å². The summed E-state index contributed by atoms with van der Waals surface area (Å²) < 4.78 is 18.5. The van der Waals surface area contributed by atoms with Crippen molar-refractivity contribution in [2.45, 2.75) is 12.8 Å². The van der Waals surface area contributed by atoms with Crippen molar-refractivity contribution in [1.82, 2.24) is 4.57 Å². The average Bonchev–Trinajstić information content (AvgIpc) is 3.47. The van der Waals surface area contributed by atoms with Gasteiger partial charge in [-0.05, 0) is 49.2 Å². The molecule has 1 aliphatic carbocycles. The van der Waals surface area contributed by atoms with Crippen LogP contribution in [0.2, 0.25) is 0 Å². The lowest BCUT2D eigenvalue weighted by atomic mass is 10.1. The van der Waals surface area contributed by atoms with Gasteiger partial charge < -0.3 is 18.8 Å². The first-order chi connectivity index (χ1) is 14.0. The molecule has 0 spiro atoms. The maximum absolute atomic E-state index is 12.8. The molecule has 0 radical (unpaired) electrons. The minimum absolute atomic E-state index is 0.00427. The topological polar surface area (TPSA) is 66.8 Å². The average molecular weight is 389 g/mol. The monoisotopic (exact) mass is 389 g/mol. The molecule has 0 N–H and O–H groups in total. The van der Waals surface area contributed by atoms with Crippen LogP contribution in [0.1, 0.15) is 28.8 Å². The van der Waals surface area contributed by atoms with Crippen molar-refractivity contribution in [1.29, 1.82) is 0 Å². The molecule has 5 rings (SSSR count). The molecule has 1 fully saturated rings. The van der Waals surface area contributed by atoms with Gasteiger partial charge in [-0.25, -0.2) is 0 Å². The summed E-state index contributed by atoms with van der Waals surface area (Å²) >= 11 is 0. The largest absolute Gasteiger partial charge is 0.497 e. The van der Waals surface area contributed by atoms with Crippen LogP contribution in [0.25, 0.3) is 17.0 Å². The second kappa shape index (κ2) is 6.51. The number of nitrogens with zero attached hydrogens (tertiary/aromatic N) is 1. The predicted molar refractivity (Wildman–Crippen MR) is 107 cm³/mol. The molecule has 1 aliphatic heterocycles. The molecule has 1 saturated carbocycles. The number of aryl methyl sites for hydroxylation is 1. The van der Waals surface area contributed by atoms with E-state index in [9.17, 15) is 9.59 Å². The summed E-state index contributed by atoms with van der Waals surface area (Å²) in [6.07, 6.45) is 5.43. The van der Waals surface area contributed by atoms with E-state index in [1.807, 2.05) is 36.0 Å². The lowest BCUT2D eigenvalue weighted by Crippen LogP contribution is -2.09. The summed E-state index contributed by atoms with van der Waals surface area (Å²) in [4.78, 5) is 24.7. The van der Waals surface area contributed by atoms with Crippen LogP contribution in [0.5, 0.6) is 17.2 Å². The molecule has 29 heavy (non-hydrogen) atoms. The molecule has 3 aromatic rings. The van der Waals surface area contributed by atoms with Crippen LogP contribution in [-0.4, -0.2) is 23.4 Å². The summed E-state index contributed by atoms with van der Waals surface area (Å²) in [6.45, 7) is 0. The number of benzene rings is 2. The molecule has 0 atom stereocenters. The normalized spacial score (nSPS) is 16.8. The van der Waals surface area contributed by atoms with Crippen LogP contribution in [0.4, 0.5) is 0 Å². The lowest BCUT2D eigenvalue weighted by Gasteiger charge is -2.04. The molecule has 6 nitrogen and oxygen atoms in total. The molecular weight excluding hydrogens is 370 g/mol. The molecule has 0 amide bonds. The Balaban J connectivity index is 1.47. The van der Waals surface area contributed by atoms with E-state index in [0.29, 0.717) is 17.1 Å². The fourth-order valence-electron chi connectivity index (χ4n) is 3.53. The summed E-state index contributed by atoms with van der Waals surface area (Å²) in [6, 6.07) is 10.7. The lowest BCUT2D eigenvalue weighted by molar-refractivity contribution is -0.135. The molecule has 0 saturated heterocycles. The van der Waals surface area contributed by atoms with E-state index in [-0.39, 0.29) is 23.4 Å². The smallest absolute Gasteiger partial charge is 0.314 e. The Hall–Kier alpha value is -3.54. The van der Waals surface area contributed by atoms with Crippen molar-refractivity contribution in [3.8, 4) is 17.2 Å². The zero-order valence-corrected chi connectivity index (χ0v) is 16.1. The first-order valence-electron chi connectivity index (χ1n) is 9.46. The molecule has 0 unspecified atom stereocenters. The number of aromatic nitrogens is 1. The number of methoxy groups -OCH3 is 1. The fraction of sp³-hybridized carbons (Fsp3) is 0.217. The van der Waals surface area contributed by atoms with E-state index in [0.717, 1.165) is 35.1 Å². The zero-order valence-electron chi connectivity index (χ0n) is 16.1. The minimum atomic E-state index is -0.227. The predicted octanol–water partition coefficient (Wildman–Crippen LogP) is 4.12. The summed E-state index contributed by atoms with van der Waals surface area (Å²) in [5.41, 5.74) is 2.34.